The van der Waals surface area contributed by atoms with Gasteiger partial charge in [0.25, 0.3) is 0 Å². The fourth-order valence-electron chi connectivity index (χ4n) is 3.56. The molecule has 0 aromatic carbocycles. The number of rotatable bonds is 4. The second-order valence-electron chi connectivity index (χ2n) is 7.88. The van der Waals surface area contributed by atoms with Gasteiger partial charge in [0, 0.05) is 17.9 Å². The molecule has 2 nitrogen and oxygen atoms in total. The lowest BCUT2D eigenvalue weighted by atomic mass is 9.70. The molecule has 0 bridgehead atoms. The van der Waals surface area contributed by atoms with E-state index in [2.05, 4.69) is 57.2 Å². The minimum atomic E-state index is 0.205. The smallest absolute Gasteiger partial charge is 0.0303 e. The van der Waals surface area contributed by atoms with E-state index in [-0.39, 0.29) is 5.54 Å². The largest absolute Gasteiger partial charge is 0.312 e. The van der Waals surface area contributed by atoms with Gasteiger partial charge in [-0.25, -0.2) is 0 Å². The van der Waals surface area contributed by atoms with Crippen LogP contribution in [-0.4, -0.2) is 17.1 Å². The molecule has 2 rings (SSSR count). The van der Waals surface area contributed by atoms with Crippen molar-refractivity contribution in [3.05, 3.63) is 29.6 Å². The van der Waals surface area contributed by atoms with Crippen LogP contribution in [-0.2, 0) is 0 Å². The van der Waals surface area contributed by atoms with Crippen molar-refractivity contribution in [3.63, 3.8) is 0 Å². The SMILES string of the molecule is CCC1CCC(CNC(C)(C)C)C(c2cncc(C)c2)C1. The van der Waals surface area contributed by atoms with Gasteiger partial charge in [-0.05, 0) is 76.0 Å². The third-order valence-corrected chi connectivity index (χ3v) is 4.90. The van der Waals surface area contributed by atoms with Crippen LogP contribution in [0.5, 0.6) is 0 Å². The molecule has 1 aliphatic rings. The Labute approximate surface area is 130 Å². The van der Waals surface area contributed by atoms with Crippen molar-refractivity contribution in [1.29, 1.82) is 0 Å². The van der Waals surface area contributed by atoms with Crippen LogP contribution in [0, 0.1) is 18.8 Å². The molecule has 1 N–H and O–H groups in total. The Hall–Kier alpha value is -0.890. The van der Waals surface area contributed by atoms with Gasteiger partial charge in [-0.1, -0.05) is 25.8 Å². The molecule has 1 aromatic rings. The molecule has 1 aromatic heterocycles. The Bertz CT molecular complexity index is 447. The van der Waals surface area contributed by atoms with Gasteiger partial charge in [0.1, 0.15) is 0 Å². The van der Waals surface area contributed by atoms with Crippen molar-refractivity contribution < 1.29 is 0 Å². The third-order valence-electron chi connectivity index (χ3n) is 4.90. The maximum atomic E-state index is 4.43. The highest BCUT2D eigenvalue weighted by molar-refractivity contribution is 5.22. The van der Waals surface area contributed by atoms with Crippen molar-refractivity contribution >= 4 is 0 Å². The minimum Gasteiger partial charge on any atom is -0.312 e. The van der Waals surface area contributed by atoms with Crippen molar-refractivity contribution in [2.45, 2.75) is 71.8 Å². The molecule has 21 heavy (non-hydrogen) atoms. The zero-order valence-electron chi connectivity index (χ0n) is 14.4. The summed E-state index contributed by atoms with van der Waals surface area (Å²) < 4.78 is 0. The van der Waals surface area contributed by atoms with Crippen molar-refractivity contribution in [3.8, 4) is 0 Å². The number of aryl methyl sites for hydroxylation is 1. The first-order valence-electron chi connectivity index (χ1n) is 8.55. The standard InChI is InChI=1S/C19H32N2/c1-6-15-7-8-16(13-21-19(3,4)5)18(10-15)17-9-14(2)11-20-12-17/h9,11-12,15-16,18,21H,6-8,10,13H2,1-5H3. The lowest BCUT2D eigenvalue weighted by molar-refractivity contribution is 0.213. The summed E-state index contributed by atoms with van der Waals surface area (Å²) in [4.78, 5) is 4.43. The van der Waals surface area contributed by atoms with Crippen LogP contribution in [0.25, 0.3) is 0 Å². The van der Waals surface area contributed by atoms with E-state index in [0.717, 1.165) is 18.4 Å². The number of nitrogens with one attached hydrogen (secondary N) is 1. The second-order valence-corrected chi connectivity index (χ2v) is 7.88. The molecule has 0 saturated heterocycles. The Morgan fingerprint density at radius 1 is 1.24 bits per heavy atom. The van der Waals surface area contributed by atoms with Crippen molar-refractivity contribution in [2.75, 3.05) is 6.54 Å². The summed E-state index contributed by atoms with van der Waals surface area (Å²) in [5.41, 5.74) is 2.94. The number of pyridine rings is 1. The number of nitrogens with zero attached hydrogens (tertiary/aromatic N) is 1. The van der Waals surface area contributed by atoms with Crippen LogP contribution in [0.3, 0.4) is 0 Å². The summed E-state index contributed by atoms with van der Waals surface area (Å²) >= 11 is 0. The van der Waals surface area contributed by atoms with Gasteiger partial charge in [-0.3, -0.25) is 4.98 Å². The monoisotopic (exact) mass is 288 g/mol. The van der Waals surface area contributed by atoms with E-state index >= 15 is 0 Å². The lowest BCUT2D eigenvalue weighted by Crippen LogP contribution is -2.41. The van der Waals surface area contributed by atoms with Crippen LogP contribution in [0.1, 0.15) is 70.4 Å². The average Bonchev–Trinajstić information content (AvgIpc) is 2.44. The first-order valence-corrected chi connectivity index (χ1v) is 8.55. The Morgan fingerprint density at radius 3 is 2.62 bits per heavy atom. The Kier molecular flexibility index (Phi) is 5.43. The molecular formula is C19H32N2. The molecule has 1 fully saturated rings. The molecule has 1 heterocycles. The fourth-order valence-corrected chi connectivity index (χ4v) is 3.56. The van der Waals surface area contributed by atoms with E-state index in [9.17, 15) is 0 Å². The molecular weight excluding hydrogens is 256 g/mol. The van der Waals surface area contributed by atoms with Gasteiger partial charge < -0.3 is 5.32 Å². The topological polar surface area (TPSA) is 24.9 Å². The zero-order chi connectivity index (χ0) is 15.5. The van der Waals surface area contributed by atoms with Gasteiger partial charge in [0.2, 0.25) is 0 Å². The van der Waals surface area contributed by atoms with E-state index in [1.165, 1.54) is 36.8 Å². The van der Waals surface area contributed by atoms with Gasteiger partial charge in [0.15, 0.2) is 0 Å². The highest BCUT2D eigenvalue weighted by Crippen LogP contribution is 2.41. The minimum absolute atomic E-state index is 0.205. The number of hydrogen-bond acceptors (Lipinski definition) is 2. The van der Waals surface area contributed by atoms with Gasteiger partial charge in [-0.2, -0.15) is 0 Å². The van der Waals surface area contributed by atoms with E-state index in [1.54, 1.807) is 0 Å². The average molecular weight is 288 g/mol. The molecule has 118 valence electrons. The quantitative estimate of drug-likeness (QED) is 0.869. The molecule has 0 amide bonds. The van der Waals surface area contributed by atoms with Gasteiger partial charge >= 0.3 is 0 Å². The summed E-state index contributed by atoms with van der Waals surface area (Å²) in [6.07, 6.45) is 9.45. The van der Waals surface area contributed by atoms with Crippen LogP contribution in [0.4, 0.5) is 0 Å². The summed E-state index contributed by atoms with van der Waals surface area (Å²) in [6, 6.07) is 2.35. The molecule has 0 aliphatic heterocycles. The summed E-state index contributed by atoms with van der Waals surface area (Å²) in [7, 11) is 0. The first kappa shape index (κ1) is 16.5. The summed E-state index contributed by atoms with van der Waals surface area (Å²) in [5, 5.41) is 3.72. The molecule has 3 unspecified atom stereocenters. The predicted octanol–water partition coefficient (Wildman–Crippen LogP) is 4.69. The number of hydrogen-bond donors (Lipinski definition) is 1. The maximum Gasteiger partial charge on any atom is 0.0303 e. The maximum absolute atomic E-state index is 4.43. The molecule has 0 spiro atoms. The van der Waals surface area contributed by atoms with E-state index in [0.29, 0.717) is 5.92 Å². The Morgan fingerprint density at radius 2 is 2.00 bits per heavy atom. The molecule has 3 atom stereocenters. The summed E-state index contributed by atoms with van der Waals surface area (Å²) in [6.45, 7) is 12.4. The fraction of sp³-hybridized carbons (Fsp3) is 0.737. The van der Waals surface area contributed by atoms with Crippen molar-refractivity contribution in [1.82, 2.24) is 10.3 Å². The van der Waals surface area contributed by atoms with Crippen LogP contribution >= 0.6 is 0 Å². The van der Waals surface area contributed by atoms with Crippen LogP contribution in [0.15, 0.2) is 18.5 Å². The van der Waals surface area contributed by atoms with Crippen molar-refractivity contribution in [2.24, 2.45) is 11.8 Å². The van der Waals surface area contributed by atoms with E-state index in [4.69, 9.17) is 0 Å². The van der Waals surface area contributed by atoms with Crippen LogP contribution < -0.4 is 5.32 Å². The van der Waals surface area contributed by atoms with Crippen LogP contribution in [0.2, 0.25) is 0 Å². The first-order chi connectivity index (χ1) is 9.89. The summed E-state index contributed by atoms with van der Waals surface area (Å²) in [5.74, 6) is 2.31. The normalized spacial score (nSPS) is 26.8. The highest BCUT2D eigenvalue weighted by atomic mass is 14.9. The second kappa shape index (κ2) is 6.91. The number of aromatic nitrogens is 1. The van der Waals surface area contributed by atoms with E-state index < -0.39 is 0 Å². The zero-order valence-corrected chi connectivity index (χ0v) is 14.4. The Balaban J connectivity index is 2.13. The molecule has 2 heteroatoms. The van der Waals surface area contributed by atoms with Gasteiger partial charge in [-0.15, -0.1) is 0 Å². The molecule has 1 saturated carbocycles. The van der Waals surface area contributed by atoms with Gasteiger partial charge in [0.05, 0.1) is 0 Å². The molecule has 0 radical (unpaired) electrons. The molecule has 1 aliphatic carbocycles. The predicted molar refractivity (Wildman–Crippen MR) is 90.6 cm³/mol. The highest BCUT2D eigenvalue weighted by Gasteiger charge is 2.31. The third kappa shape index (κ3) is 4.81. The lowest BCUT2D eigenvalue weighted by Gasteiger charge is -2.38. The van der Waals surface area contributed by atoms with E-state index in [1.807, 2.05) is 6.20 Å².